The maximum atomic E-state index is 10.5. The zero-order valence-corrected chi connectivity index (χ0v) is 14.6. The van der Waals surface area contributed by atoms with Crippen LogP contribution in [-0.4, -0.2) is 11.1 Å². The molecule has 3 unspecified atom stereocenters. The maximum absolute atomic E-state index is 10.5. The van der Waals surface area contributed by atoms with Crippen molar-refractivity contribution in [2.45, 2.75) is 24.0 Å². The molecule has 0 bridgehead atoms. The van der Waals surface area contributed by atoms with Crippen LogP contribution in [0.15, 0.2) is 72.8 Å². The third-order valence-corrected chi connectivity index (χ3v) is 4.88. The van der Waals surface area contributed by atoms with Crippen molar-refractivity contribution in [1.82, 2.24) is 5.32 Å². The highest BCUT2D eigenvalue weighted by atomic mass is 79.9. The second kappa shape index (κ2) is 7.26. The Balaban J connectivity index is 1.73. The van der Waals surface area contributed by atoms with E-state index in [0.717, 1.165) is 11.1 Å². The third kappa shape index (κ3) is 3.81. The van der Waals surface area contributed by atoms with Crippen LogP contribution in [0.25, 0.3) is 10.8 Å². The molecule has 0 aliphatic heterocycles. The van der Waals surface area contributed by atoms with E-state index in [1.165, 1.54) is 10.8 Å². The number of hydrogen-bond donors (Lipinski definition) is 2. The predicted octanol–water partition coefficient (Wildman–Crippen LogP) is 4.95. The van der Waals surface area contributed by atoms with Gasteiger partial charge in [-0.25, -0.2) is 0 Å². The first-order chi connectivity index (χ1) is 11.1. The largest absolute Gasteiger partial charge is 0.387 e. The van der Waals surface area contributed by atoms with Gasteiger partial charge in [0.2, 0.25) is 0 Å². The highest BCUT2D eigenvalue weighted by molar-refractivity contribution is 9.09. The fourth-order valence-electron chi connectivity index (χ4n) is 2.72. The Labute approximate surface area is 145 Å². The van der Waals surface area contributed by atoms with Gasteiger partial charge >= 0.3 is 0 Å². The van der Waals surface area contributed by atoms with Gasteiger partial charge in [0.25, 0.3) is 0 Å². The highest BCUT2D eigenvalue weighted by Crippen LogP contribution is 2.26. The molecule has 3 aromatic carbocycles. The van der Waals surface area contributed by atoms with Gasteiger partial charge in [0.1, 0.15) is 0 Å². The number of halogens is 1. The van der Waals surface area contributed by atoms with Crippen molar-refractivity contribution >= 4 is 26.7 Å². The molecular formula is C20H20BrNO. The number of rotatable bonds is 5. The van der Waals surface area contributed by atoms with Gasteiger partial charge in [0.15, 0.2) is 0 Å². The van der Waals surface area contributed by atoms with E-state index in [1.54, 1.807) is 0 Å². The van der Waals surface area contributed by atoms with Crippen molar-refractivity contribution in [3.05, 3.63) is 83.9 Å². The molecule has 0 saturated carbocycles. The molecule has 2 N–H and O–H groups in total. The van der Waals surface area contributed by atoms with Gasteiger partial charge in [-0.05, 0) is 34.9 Å². The molecule has 0 heterocycles. The number of aliphatic hydroxyl groups excluding tert-OH is 1. The van der Waals surface area contributed by atoms with Crippen molar-refractivity contribution in [1.29, 1.82) is 0 Å². The lowest BCUT2D eigenvalue weighted by Gasteiger charge is -2.24. The molecule has 3 heteroatoms. The summed E-state index contributed by atoms with van der Waals surface area (Å²) in [7, 11) is 0. The van der Waals surface area contributed by atoms with E-state index in [4.69, 9.17) is 0 Å². The summed E-state index contributed by atoms with van der Waals surface area (Å²) in [5.74, 6) is 0. The molecule has 0 fully saturated rings. The minimum atomic E-state index is -0.545. The van der Waals surface area contributed by atoms with Gasteiger partial charge in [0.05, 0.1) is 11.1 Å². The number of nitrogens with one attached hydrogen (secondary N) is 1. The monoisotopic (exact) mass is 369 g/mol. The molecule has 0 aliphatic rings. The fourth-order valence-corrected chi connectivity index (χ4v) is 3.42. The zero-order valence-electron chi connectivity index (χ0n) is 13.0. The van der Waals surface area contributed by atoms with E-state index in [0.29, 0.717) is 0 Å². The Morgan fingerprint density at radius 2 is 1.48 bits per heavy atom. The van der Waals surface area contributed by atoms with Gasteiger partial charge in [-0.15, -0.1) is 0 Å². The topological polar surface area (TPSA) is 32.3 Å². The van der Waals surface area contributed by atoms with Gasteiger partial charge in [-0.2, -0.15) is 0 Å². The van der Waals surface area contributed by atoms with Crippen LogP contribution in [0.5, 0.6) is 0 Å². The lowest BCUT2D eigenvalue weighted by Crippen LogP contribution is -2.33. The molecule has 0 aliphatic carbocycles. The summed E-state index contributed by atoms with van der Waals surface area (Å²) in [6, 6.07) is 24.4. The van der Waals surface area contributed by atoms with E-state index in [-0.39, 0.29) is 11.0 Å². The summed E-state index contributed by atoms with van der Waals surface area (Å²) >= 11 is 3.69. The summed E-state index contributed by atoms with van der Waals surface area (Å²) in [6.45, 7) is 1.99. The van der Waals surface area contributed by atoms with Crippen LogP contribution in [0.1, 0.15) is 29.1 Å². The van der Waals surface area contributed by atoms with Gasteiger partial charge in [0, 0.05) is 6.04 Å². The van der Waals surface area contributed by atoms with Crippen LogP contribution in [-0.2, 0) is 0 Å². The van der Waals surface area contributed by atoms with E-state index < -0.39 is 6.10 Å². The first-order valence-corrected chi connectivity index (χ1v) is 8.68. The Kier molecular flexibility index (Phi) is 5.11. The summed E-state index contributed by atoms with van der Waals surface area (Å²) in [5, 5.41) is 16.3. The van der Waals surface area contributed by atoms with Gasteiger partial charge in [-0.1, -0.05) is 82.7 Å². The van der Waals surface area contributed by atoms with Crippen molar-refractivity contribution in [3.8, 4) is 0 Å². The van der Waals surface area contributed by atoms with Crippen LogP contribution in [0, 0.1) is 0 Å². The van der Waals surface area contributed by atoms with Crippen molar-refractivity contribution < 1.29 is 5.11 Å². The molecule has 0 aromatic heterocycles. The molecule has 0 spiro atoms. The van der Waals surface area contributed by atoms with E-state index in [2.05, 4.69) is 51.6 Å². The van der Waals surface area contributed by atoms with Crippen LogP contribution in [0.2, 0.25) is 0 Å². The first-order valence-electron chi connectivity index (χ1n) is 7.77. The molecule has 3 rings (SSSR count). The first kappa shape index (κ1) is 16.2. The zero-order chi connectivity index (χ0) is 16.2. The number of alkyl halides is 1. The van der Waals surface area contributed by atoms with Crippen LogP contribution in [0.3, 0.4) is 0 Å². The molecule has 3 atom stereocenters. The van der Waals surface area contributed by atoms with Gasteiger partial charge < -0.3 is 5.11 Å². The SMILES string of the molecule is CC(NC(Br)c1ccc2ccccc2c1)C(O)c1ccccc1. The Morgan fingerprint density at radius 3 is 2.22 bits per heavy atom. The predicted molar refractivity (Wildman–Crippen MR) is 99.6 cm³/mol. The number of benzene rings is 3. The average molecular weight is 370 g/mol. The molecule has 2 nitrogen and oxygen atoms in total. The second-order valence-electron chi connectivity index (χ2n) is 5.78. The van der Waals surface area contributed by atoms with Crippen LogP contribution >= 0.6 is 15.9 Å². The number of hydrogen-bond acceptors (Lipinski definition) is 2. The van der Waals surface area contributed by atoms with Crippen molar-refractivity contribution in [2.24, 2.45) is 0 Å². The Morgan fingerprint density at radius 1 is 0.826 bits per heavy atom. The Bertz CT molecular complexity index is 775. The van der Waals surface area contributed by atoms with Crippen LogP contribution < -0.4 is 5.32 Å². The molecule has 23 heavy (non-hydrogen) atoms. The molecule has 0 radical (unpaired) electrons. The summed E-state index contributed by atoms with van der Waals surface area (Å²) < 4.78 is 0. The second-order valence-corrected chi connectivity index (χ2v) is 6.70. The van der Waals surface area contributed by atoms with Crippen LogP contribution in [0.4, 0.5) is 0 Å². The van der Waals surface area contributed by atoms with E-state index in [1.807, 2.05) is 49.4 Å². The highest BCUT2D eigenvalue weighted by Gasteiger charge is 2.19. The number of fused-ring (bicyclic) bond motifs is 1. The normalized spacial score (nSPS) is 15.3. The lowest BCUT2D eigenvalue weighted by molar-refractivity contribution is 0.135. The quantitative estimate of drug-likeness (QED) is 0.492. The molecule has 0 saturated heterocycles. The molecule has 118 valence electrons. The third-order valence-electron chi connectivity index (χ3n) is 4.09. The van der Waals surface area contributed by atoms with Crippen molar-refractivity contribution in [2.75, 3.05) is 0 Å². The number of aliphatic hydroxyl groups is 1. The minimum absolute atomic E-state index is 0.0135. The van der Waals surface area contributed by atoms with E-state index in [9.17, 15) is 5.11 Å². The lowest BCUT2D eigenvalue weighted by atomic mass is 10.0. The minimum Gasteiger partial charge on any atom is -0.387 e. The average Bonchev–Trinajstić information content (AvgIpc) is 2.61. The smallest absolute Gasteiger partial charge is 0.0940 e. The molecular weight excluding hydrogens is 350 g/mol. The standard InChI is InChI=1S/C20H20BrNO/c1-14(19(23)16-8-3-2-4-9-16)22-20(21)18-12-11-15-7-5-6-10-17(15)13-18/h2-14,19-20,22-23H,1H3. The maximum Gasteiger partial charge on any atom is 0.0940 e. The van der Waals surface area contributed by atoms with Crippen molar-refractivity contribution in [3.63, 3.8) is 0 Å². The molecule has 0 amide bonds. The summed E-state index contributed by atoms with van der Waals surface area (Å²) in [6.07, 6.45) is -0.545. The van der Waals surface area contributed by atoms with Gasteiger partial charge in [-0.3, -0.25) is 5.32 Å². The Hall–Kier alpha value is -1.68. The molecule has 3 aromatic rings. The fraction of sp³-hybridized carbons (Fsp3) is 0.200. The van der Waals surface area contributed by atoms with E-state index >= 15 is 0 Å². The summed E-state index contributed by atoms with van der Waals surface area (Å²) in [5.41, 5.74) is 2.07. The summed E-state index contributed by atoms with van der Waals surface area (Å²) in [4.78, 5) is -0.0135.